The van der Waals surface area contributed by atoms with Gasteiger partial charge in [-0.15, -0.1) is 0 Å². The zero-order chi connectivity index (χ0) is 23.1. The van der Waals surface area contributed by atoms with Crippen molar-refractivity contribution >= 4 is 17.5 Å². The van der Waals surface area contributed by atoms with E-state index in [2.05, 4.69) is 0 Å². The molecule has 0 unspecified atom stereocenters. The third kappa shape index (κ3) is 4.49. The molecule has 2 atom stereocenters. The number of nitrogens with zero attached hydrogens (tertiary/aromatic N) is 1. The number of carbonyl (C=O) groups is 2. The smallest absolute Gasteiger partial charge is 0.344 e. The molecule has 166 valence electrons. The van der Waals surface area contributed by atoms with Crippen LogP contribution >= 0.6 is 0 Å². The first-order valence-electron chi connectivity index (χ1n) is 8.89. The number of alkyl halides is 6. The van der Waals surface area contributed by atoms with Gasteiger partial charge in [-0.25, -0.2) is 4.39 Å². The van der Waals surface area contributed by atoms with Crippen molar-refractivity contribution in [3.05, 3.63) is 65.0 Å². The lowest BCUT2D eigenvalue weighted by Crippen LogP contribution is -2.33. The molecule has 2 aromatic carbocycles. The van der Waals surface area contributed by atoms with Crippen LogP contribution in [0.1, 0.15) is 22.6 Å². The van der Waals surface area contributed by atoms with Crippen LogP contribution in [0, 0.1) is 11.7 Å². The highest BCUT2D eigenvalue weighted by atomic mass is 19.4. The lowest BCUT2D eigenvalue weighted by molar-refractivity contribution is -0.139. The fourth-order valence-electron chi connectivity index (χ4n) is 3.54. The van der Waals surface area contributed by atoms with Crippen molar-refractivity contribution < 1.29 is 40.3 Å². The fourth-order valence-corrected chi connectivity index (χ4v) is 3.54. The standard InChI is InChI=1S/C20H15F7N2O2/c1-29-9-12(10-5-7-11(8-6-10)19(22,23)24)15(18(29)31)17(30)28-14-4-2-3-13(21)16(14)20(25,26)27/h2-8,12,15H,9H2,1H3,(H,28,30)/t12-,15+/m0/s1. The Morgan fingerprint density at radius 1 is 1.00 bits per heavy atom. The zero-order valence-electron chi connectivity index (χ0n) is 15.8. The number of nitrogens with one attached hydrogen (secondary N) is 1. The molecule has 3 rings (SSSR count). The molecule has 1 aliphatic rings. The van der Waals surface area contributed by atoms with Gasteiger partial charge in [0.15, 0.2) is 0 Å². The summed E-state index contributed by atoms with van der Waals surface area (Å²) < 4.78 is 91.7. The van der Waals surface area contributed by atoms with Crippen molar-refractivity contribution in [2.75, 3.05) is 18.9 Å². The Morgan fingerprint density at radius 2 is 1.61 bits per heavy atom. The summed E-state index contributed by atoms with van der Waals surface area (Å²) in [4.78, 5) is 26.4. The molecule has 0 saturated carbocycles. The van der Waals surface area contributed by atoms with Crippen LogP contribution in [0.5, 0.6) is 0 Å². The molecule has 1 saturated heterocycles. The summed E-state index contributed by atoms with van der Waals surface area (Å²) >= 11 is 0. The Morgan fingerprint density at radius 3 is 2.16 bits per heavy atom. The van der Waals surface area contributed by atoms with E-state index in [-0.39, 0.29) is 12.1 Å². The monoisotopic (exact) mass is 448 g/mol. The van der Waals surface area contributed by atoms with Gasteiger partial charge in [0.05, 0.1) is 11.3 Å². The average molecular weight is 448 g/mol. The topological polar surface area (TPSA) is 49.4 Å². The number of carbonyl (C=O) groups excluding carboxylic acids is 2. The van der Waals surface area contributed by atoms with Crippen LogP contribution in [0.4, 0.5) is 36.4 Å². The maximum atomic E-state index is 13.7. The van der Waals surface area contributed by atoms with E-state index in [1.165, 1.54) is 7.05 Å². The summed E-state index contributed by atoms with van der Waals surface area (Å²) in [6, 6.07) is 6.21. The van der Waals surface area contributed by atoms with E-state index in [0.29, 0.717) is 6.07 Å². The molecule has 1 fully saturated rings. The normalized spacial score (nSPS) is 19.6. The van der Waals surface area contributed by atoms with Gasteiger partial charge in [-0.2, -0.15) is 26.3 Å². The van der Waals surface area contributed by atoms with Crippen LogP contribution in [0.15, 0.2) is 42.5 Å². The van der Waals surface area contributed by atoms with Gasteiger partial charge in [0, 0.05) is 19.5 Å². The molecule has 4 nitrogen and oxygen atoms in total. The van der Waals surface area contributed by atoms with Crippen molar-refractivity contribution in [2.24, 2.45) is 5.92 Å². The lowest BCUT2D eigenvalue weighted by Gasteiger charge is -2.19. The first-order valence-corrected chi connectivity index (χ1v) is 8.89. The summed E-state index contributed by atoms with van der Waals surface area (Å²) in [5.41, 5.74) is -3.23. The third-order valence-corrected chi connectivity index (χ3v) is 5.02. The number of benzene rings is 2. The molecule has 11 heteroatoms. The number of likely N-dealkylation sites (tertiary alicyclic amines) is 1. The highest BCUT2D eigenvalue weighted by Crippen LogP contribution is 2.39. The number of likely N-dealkylation sites (N-methyl/N-ethyl adjacent to an activating group) is 1. The van der Waals surface area contributed by atoms with E-state index in [1.54, 1.807) is 0 Å². The second kappa shape index (κ2) is 7.86. The van der Waals surface area contributed by atoms with E-state index in [4.69, 9.17) is 0 Å². The summed E-state index contributed by atoms with van der Waals surface area (Å²) in [6.07, 6.45) is -9.68. The van der Waals surface area contributed by atoms with E-state index in [1.807, 2.05) is 5.32 Å². The van der Waals surface area contributed by atoms with Gasteiger partial charge < -0.3 is 10.2 Å². The van der Waals surface area contributed by atoms with Gasteiger partial charge in [0.2, 0.25) is 11.8 Å². The lowest BCUT2D eigenvalue weighted by atomic mass is 9.87. The third-order valence-electron chi connectivity index (χ3n) is 5.02. The number of anilines is 1. The number of halogens is 7. The quantitative estimate of drug-likeness (QED) is 0.548. The van der Waals surface area contributed by atoms with Crippen LogP contribution < -0.4 is 5.32 Å². The first kappa shape index (κ1) is 22.6. The van der Waals surface area contributed by atoms with Crippen molar-refractivity contribution in [2.45, 2.75) is 18.3 Å². The van der Waals surface area contributed by atoms with Crippen LogP contribution in [-0.2, 0) is 21.9 Å². The molecule has 1 N–H and O–H groups in total. The predicted octanol–water partition coefficient (Wildman–Crippen LogP) is 4.67. The summed E-state index contributed by atoms with van der Waals surface area (Å²) in [6.45, 7) is -0.0302. The first-order chi connectivity index (χ1) is 14.3. The molecule has 0 aromatic heterocycles. The number of rotatable bonds is 3. The minimum atomic E-state index is -5.10. The zero-order valence-corrected chi connectivity index (χ0v) is 15.8. The molecular weight excluding hydrogens is 433 g/mol. The molecule has 31 heavy (non-hydrogen) atoms. The Hall–Kier alpha value is -3.11. The van der Waals surface area contributed by atoms with Crippen molar-refractivity contribution in [3.63, 3.8) is 0 Å². The second-order valence-electron chi connectivity index (χ2n) is 7.07. The SMILES string of the molecule is CN1C[C@@H](c2ccc(C(F)(F)F)cc2)[C@H](C(=O)Nc2cccc(F)c2C(F)(F)F)C1=O. The molecule has 2 aromatic rings. The van der Waals surface area contributed by atoms with Crippen molar-refractivity contribution in [3.8, 4) is 0 Å². The average Bonchev–Trinajstić information content (AvgIpc) is 2.95. The van der Waals surface area contributed by atoms with Gasteiger partial charge in [0.25, 0.3) is 0 Å². The minimum Gasteiger partial charge on any atom is -0.344 e. The molecule has 1 heterocycles. The van der Waals surface area contributed by atoms with Gasteiger partial charge >= 0.3 is 12.4 Å². The predicted molar refractivity (Wildman–Crippen MR) is 95.3 cm³/mol. The molecule has 0 aliphatic carbocycles. The molecule has 2 amide bonds. The van der Waals surface area contributed by atoms with E-state index >= 15 is 0 Å². The highest BCUT2D eigenvalue weighted by Gasteiger charge is 2.45. The molecule has 1 aliphatic heterocycles. The van der Waals surface area contributed by atoms with Crippen molar-refractivity contribution in [1.29, 1.82) is 0 Å². The van der Waals surface area contributed by atoms with Crippen LogP contribution in [0.25, 0.3) is 0 Å². The van der Waals surface area contributed by atoms with Gasteiger partial charge in [-0.3, -0.25) is 9.59 Å². The number of hydrogen-bond donors (Lipinski definition) is 1. The van der Waals surface area contributed by atoms with E-state index in [9.17, 15) is 40.3 Å². The van der Waals surface area contributed by atoms with Gasteiger partial charge in [-0.05, 0) is 29.8 Å². The Kier molecular flexibility index (Phi) is 5.72. The molecule has 0 bridgehead atoms. The van der Waals surface area contributed by atoms with Gasteiger partial charge in [0.1, 0.15) is 17.3 Å². The van der Waals surface area contributed by atoms with Crippen LogP contribution in [-0.4, -0.2) is 30.3 Å². The van der Waals surface area contributed by atoms with Crippen LogP contribution in [0.3, 0.4) is 0 Å². The number of amides is 2. The Balaban J connectivity index is 1.92. The minimum absolute atomic E-state index is 0.0302. The van der Waals surface area contributed by atoms with Crippen LogP contribution in [0.2, 0.25) is 0 Å². The number of hydrogen-bond acceptors (Lipinski definition) is 2. The Labute approximate surface area is 171 Å². The summed E-state index contributed by atoms with van der Waals surface area (Å²) in [7, 11) is 1.36. The van der Waals surface area contributed by atoms with Gasteiger partial charge in [-0.1, -0.05) is 18.2 Å². The highest BCUT2D eigenvalue weighted by molar-refractivity contribution is 6.08. The fraction of sp³-hybridized carbons (Fsp3) is 0.300. The maximum absolute atomic E-state index is 13.7. The second-order valence-corrected chi connectivity index (χ2v) is 7.07. The largest absolute Gasteiger partial charge is 0.421 e. The molecule has 0 spiro atoms. The summed E-state index contributed by atoms with van der Waals surface area (Å²) in [5.74, 6) is -5.82. The Bertz CT molecular complexity index is 1000. The van der Waals surface area contributed by atoms with E-state index in [0.717, 1.165) is 41.3 Å². The molecule has 0 radical (unpaired) electrons. The molecular formula is C20H15F7N2O2. The van der Waals surface area contributed by atoms with Crippen molar-refractivity contribution in [1.82, 2.24) is 4.90 Å². The summed E-state index contributed by atoms with van der Waals surface area (Å²) in [5, 5.41) is 1.96. The maximum Gasteiger partial charge on any atom is 0.421 e. The van der Waals surface area contributed by atoms with E-state index < -0.39 is 58.6 Å².